The third-order valence-corrected chi connectivity index (χ3v) is 8.64. The van der Waals surface area contributed by atoms with Crippen molar-refractivity contribution in [1.82, 2.24) is 0 Å². The summed E-state index contributed by atoms with van der Waals surface area (Å²) in [6, 6.07) is 22.6. The molecule has 3 atom stereocenters. The van der Waals surface area contributed by atoms with Crippen molar-refractivity contribution in [2.45, 2.75) is 31.2 Å². The summed E-state index contributed by atoms with van der Waals surface area (Å²) >= 11 is 0. The van der Waals surface area contributed by atoms with E-state index in [1.807, 2.05) is 0 Å². The average Bonchev–Trinajstić information content (AvgIpc) is 3.13. The summed E-state index contributed by atoms with van der Waals surface area (Å²) in [5.74, 6) is 2.05. The smallest absolute Gasteiger partial charge is 0.0628 e. The molecule has 2 aromatic rings. The SMILES string of the molecule is c1ccc([Si](c2ccccc2)[C@@H]2C[C@@H]3CC[C@H]2C3)cc1. The van der Waals surface area contributed by atoms with Crippen LogP contribution in [0.1, 0.15) is 25.7 Å². The van der Waals surface area contributed by atoms with Crippen LogP contribution in [0, 0.1) is 11.8 Å². The van der Waals surface area contributed by atoms with E-state index < -0.39 is 8.80 Å². The Balaban J connectivity index is 1.74. The molecular weight excluding hydrogens is 256 g/mol. The molecule has 2 aliphatic carbocycles. The van der Waals surface area contributed by atoms with Crippen molar-refractivity contribution in [3.8, 4) is 0 Å². The van der Waals surface area contributed by atoms with Gasteiger partial charge in [0.15, 0.2) is 0 Å². The highest BCUT2D eigenvalue weighted by Gasteiger charge is 2.44. The molecule has 0 saturated heterocycles. The number of fused-ring (bicyclic) bond motifs is 2. The molecule has 4 rings (SSSR count). The second-order valence-electron chi connectivity index (χ2n) is 6.43. The molecule has 1 radical (unpaired) electrons. The Morgan fingerprint density at radius 1 is 0.700 bits per heavy atom. The third-order valence-electron chi connectivity index (χ3n) is 5.28. The van der Waals surface area contributed by atoms with E-state index in [1.165, 1.54) is 25.7 Å². The molecule has 0 spiro atoms. The van der Waals surface area contributed by atoms with Gasteiger partial charge in [-0.15, -0.1) is 0 Å². The van der Waals surface area contributed by atoms with Crippen LogP contribution >= 0.6 is 0 Å². The van der Waals surface area contributed by atoms with Crippen molar-refractivity contribution in [3.63, 3.8) is 0 Å². The Labute approximate surface area is 123 Å². The molecule has 2 saturated carbocycles. The maximum Gasteiger partial charge on any atom is 0.124 e. The van der Waals surface area contributed by atoms with Crippen molar-refractivity contribution in [2.75, 3.05) is 0 Å². The van der Waals surface area contributed by atoms with Crippen LogP contribution in [0.25, 0.3) is 0 Å². The maximum atomic E-state index is 2.37. The molecule has 0 aromatic heterocycles. The lowest BCUT2D eigenvalue weighted by Gasteiger charge is -2.29. The van der Waals surface area contributed by atoms with Gasteiger partial charge in [0.2, 0.25) is 0 Å². The summed E-state index contributed by atoms with van der Waals surface area (Å²) in [5.41, 5.74) is 0.962. The van der Waals surface area contributed by atoms with Gasteiger partial charge >= 0.3 is 0 Å². The Bertz CT molecular complexity index is 523. The van der Waals surface area contributed by atoms with Crippen molar-refractivity contribution in [3.05, 3.63) is 60.7 Å². The van der Waals surface area contributed by atoms with E-state index in [0.717, 1.165) is 17.4 Å². The van der Waals surface area contributed by atoms with Crippen molar-refractivity contribution in [1.29, 1.82) is 0 Å². The monoisotopic (exact) mass is 277 g/mol. The van der Waals surface area contributed by atoms with E-state index in [-0.39, 0.29) is 0 Å². The molecule has 0 N–H and O–H groups in total. The summed E-state index contributed by atoms with van der Waals surface area (Å²) in [5, 5.41) is 3.22. The minimum Gasteiger partial charge on any atom is -0.0628 e. The molecule has 0 unspecified atom stereocenters. The van der Waals surface area contributed by atoms with E-state index in [0.29, 0.717) is 0 Å². The summed E-state index contributed by atoms with van der Waals surface area (Å²) in [4.78, 5) is 0. The molecule has 1 heteroatoms. The van der Waals surface area contributed by atoms with Gasteiger partial charge < -0.3 is 0 Å². The topological polar surface area (TPSA) is 0 Å². The van der Waals surface area contributed by atoms with Crippen molar-refractivity contribution < 1.29 is 0 Å². The lowest BCUT2D eigenvalue weighted by molar-refractivity contribution is 0.476. The molecule has 0 nitrogen and oxygen atoms in total. The van der Waals surface area contributed by atoms with Gasteiger partial charge in [-0.2, -0.15) is 0 Å². The molecule has 2 bridgehead atoms. The first-order valence-corrected chi connectivity index (χ1v) is 9.47. The number of hydrogen-bond acceptors (Lipinski definition) is 0. The highest BCUT2D eigenvalue weighted by Crippen LogP contribution is 2.52. The van der Waals surface area contributed by atoms with Gasteiger partial charge in [0.05, 0.1) is 0 Å². The first-order chi connectivity index (χ1) is 9.92. The largest absolute Gasteiger partial charge is 0.124 e. The summed E-state index contributed by atoms with van der Waals surface area (Å²) in [7, 11) is -0.607. The number of hydrogen-bond donors (Lipinski definition) is 0. The lowest BCUT2D eigenvalue weighted by atomic mass is 10.0. The molecule has 101 valence electrons. The predicted octanol–water partition coefficient (Wildman–Crippen LogP) is 3.49. The van der Waals surface area contributed by atoms with Gasteiger partial charge in [-0.05, 0) is 30.2 Å². The normalized spacial score (nSPS) is 28.1. The molecule has 0 amide bonds. The van der Waals surface area contributed by atoms with E-state index >= 15 is 0 Å². The fourth-order valence-electron chi connectivity index (χ4n) is 4.43. The van der Waals surface area contributed by atoms with Crippen LogP contribution in [0.5, 0.6) is 0 Å². The van der Waals surface area contributed by atoms with Crippen LogP contribution in [0.15, 0.2) is 60.7 Å². The zero-order valence-corrected chi connectivity index (χ0v) is 12.8. The van der Waals surface area contributed by atoms with Gasteiger partial charge in [-0.1, -0.05) is 83.9 Å². The van der Waals surface area contributed by atoms with Crippen LogP contribution in [0.3, 0.4) is 0 Å². The zero-order valence-electron chi connectivity index (χ0n) is 11.8. The molecule has 2 aromatic carbocycles. The summed E-state index contributed by atoms with van der Waals surface area (Å²) in [6.07, 6.45) is 5.99. The minimum atomic E-state index is -0.607. The molecule has 0 heterocycles. The third kappa shape index (κ3) is 2.14. The standard InChI is InChI=1S/C19H21Si/c1-3-7-17(8-4-1)20(18-9-5-2-6-10-18)19-14-15-11-12-16(19)13-15/h1-10,15-16,19H,11-14H2/t15-,16+,19-/m1/s1. The molecule has 20 heavy (non-hydrogen) atoms. The second kappa shape index (κ2) is 5.21. The van der Waals surface area contributed by atoms with Gasteiger partial charge in [-0.3, -0.25) is 0 Å². The molecular formula is C19H21Si. The number of rotatable bonds is 3. The molecule has 0 aliphatic heterocycles. The minimum absolute atomic E-state index is 0.607. The maximum absolute atomic E-state index is 2.37. The Morgan fingerprint density at radius 2 is 1.30 bits per heavy atom. The van der Waals surface area contributed by atoms with Crippen LogP contribution in [-0.4, -0.2) is 8.80 Å². The lowest BCUT2D eigenvalue weighted by Crippen LogP contribution is -2.47. The van der Waals surface area contributed by atoms with Crippen LogP contribution in [0.4, 0.5) is 0 Å². The quantitative estimate of drug-likeness (QED) is 0.754. The highest BCUT2D eigenvalue weighted by molar-refractivity contribution is 6.86. The van der Waals surface area contributed by atoms with Gasteiger partial charge in [0.1, 0.15) is 8.80 Å². The van der Waals surface area contributed by atoms with E-state index in [2.05, 4.69) is 60.7 Å². The second-order valence-corrected chi connectivity index (χ2v) is 9.15. The first kappa shape index (κ1) is 12.4. The van der Waals surface area contributed by atoms with Crippen molar-refractivity contribution in [2.24, 2.45) is 11.8 Å². The Kier molecular flexibility index (Phi) is 3.23. The van der Waals surface area contributed by atoms with Gasteiger partial charge in [0.25, 0.3) is 0 Å². The Morgan fingerprint density at radius 3 is 1.75 bits per heavy atom. The summed E-state index contributed by atoms with van der Waals surface area (Å²) in [6.45, 7) is 0. The van der Waals surface area contributed by atoms with Gasteiger partial charge in [-0.25, -0.2) is 0 Å². The zero-order chi connectivity index (χ0) is 13.4. The number of benzene rings is 2. The van der Waals surface area contributed by atoms with Crippen molar-refractivity contribution >= 4 is 19.2 Å². The van der Waals surface area contributed by atoms with Crippen LogP contribution in [0.2, 0.25) is 5.54 Å². The van der Waals surface area contributed by atoms with E-state index in [9.17, 15) is 0 Å². The van der Waals surface area contributed by atoms with E-state index in [4.69, 9.17) is 0 Å². The molecule has 2 aliphatic rings. The van der Waals surface area contributed by atoms with Crippen LogP contribution < -0.4 is 10.4 Å². The first-order valence-electron chi connectivity index (χ1n) is 7.89. The van der Waals surface area contributed by atoms with E-state index in [1.54, 1.807) is 10.4 Å². The predicted molar refractivity (Wildman–Crippen MR) is 87.1 cm³/mol. The average molecular weight is 277 g/mol. The fraction of sp³-hybridized carbons (Fsp3) is 0.368. The molecule has 2 fully saturated rings. The Hall–Kier alpha value is -1.34. The van der Waals surface area contributed by atoms with Gasteiger partial charge in [0, 0.05) is 0 Å². The fourth-order valence-corrected chi connectivity index (χ4v) is 8.06. The van der Waals surface area contributed by atoms with Crippen LogP contribution in [-0.2, 0) is 0 Å². The highest BCUT2D eigenvalue weighted by atomic mass is 28.3. The summed E-state index contributed by atoms with van der Waals surface area (Å²) < 4.78 is 0.